The van der Waals surface area contributed by atoms with Crippen molar-refractivity contribution in [1.82, 2.24) is 0 Å². The normalized spacial score (nSPS) is 11.6. The topological polar surface area (TPSA) is 35.5 Å². The Balaban J connectivity index is 2.76. The third-order valence-corrected chi connectivity index (χ3v) is 2.26. The summed E-state index contributed by atoms with van der Waals surface area (Å²) in [6.45, 7) is 0.0341. The molecule has 0 radical (unpaired) electrons. The van der Waals surface area contributed by atoms with Crippen molar-refractivity contribution in [2.24, 2.45) is 0 Å². The number of hydrogen-bond donors (Lipinski definition) is 0. The van der Waals surface area contributed by atoms with Gasteiger partial charge in [0.25, 0.3) is 0 Å². The first-order valence-electron chi connectivity index (χ1n) is 5.33. The first-order valence-corrected chi connectivity index (χ1v) is 5.33. The highest BCUT2D eigenvalue weighted by Crippen LogP contribution is 2.31. The molecular formula is C12H12F4O3. The summed E-state index contributed by atoms with van der Waals surface area (Å²) in [7, 11) is 1.45. The molecule has 0 aromatic heterocycles. The van der Waals surface area contributed by atoms with Crippen LogP contribution in [-0.2, 0) is 15.7 Å². The summed E-state index contributed by atoms with van der Waals surface area (Å²) in [6, 6.07) is 2.09. The zero-order valence-electron chi connectivity index (χ0n) is 10.1. The number of rotatable bonds is 6. The van der Waals surface area contributed by atoms with Crippen LogP contribution in [0.25, 0.3) is 0 Å². The van der Waals surface area contributed by atoms with Gasteiger partial charge in [0.15, 0.2) is 5.78 Å². The van der Waals surface area contributed by atoms with Gasteiger partial charge in [0.2, 0.25) is 0 Å². The molecule has 0 fully saturated rings. The second-order valence-electron chi connectivity index (χ2n) is 3.66. The average molecular weight is 280 g/mol. The number of ketones is 1. The third kappa shape index (κ3) is 4.60. The Kier molecular flexibility index (Phi) is 5.44. The van der Waals surface area contributed by atoms with Gasteiger partial charge in [-0.1, -0.05) is 0 Å². The van der Waals surface area contributed by atoms with E-state index in [1.165, 1.54) is 7.11 Å². The fourth-order valence-corrected chi connectivity index (χ4v) is 1.31. The van der Waals surface area contributed by atoms with E-state index in [4.69, 9.17) is 4.74 Å². The number of alkyl halides is 3. The highest BCUT2D eigenvalue weighted by atomic mass is 19.4. The Bertz CT molecular complexity index is 443. The van der Waals surface area contributed by atoms with Gasteiger partial charge in [0, 0.05) is 12.7 Å². The summed E-state index contributed by atoms with van der Waals surface area (Å²) in [4.78, 5) is 11.5. The van der Waals surface area contributed by atoms with Crippen molar-refractivity contribution in [1.29, 1.82) is 0 Å². The van der Waals surface area contributed by atoms with Crippen LogP contribution in [0.5, 0.6) is 0 Å². The Labute approximate surface area is 107 Å². The molecule has 0 saturated heterocycles. The second-order valence-corrected chi connectivity index (χ2v) is 3.66. The molecule has 0 spiro atoms. The number of methoxy groups -OCH3 is 1. The fourth-order valence-electron chi connectivity index (χ4n) is 1.31. The molecule has 3 nitrogen and oxygen atoms in total. The summed E-state index contributed by atoms with van der Waals surface area (Å²) >= 11 is 0. The lowest BCUT2D eigenvalue weighted by Crippen LogP contribution is -2.14. The van der Waals surface area contributed by atoms with Gasteiger partial charge >= 0.3 is 6.18 Å². The Morgan fingerprint density at radius 3 is 2.53 bits per heavy atom. The summed E-state index contributed by atoms with van der Waals surface area (Å²) in [5.74, 6) is -2.06. The standard InChI is InChI=1S/C12H12F4O3/c1-18-4-5-19-7-11(17)8-2-3-10(13)9(6-8)12(14,15)16/h2-3,6H,4-5,7H2,1H3. The highest BCUT2D eigenvalue weighted by molar-refractivity contribution is 5.97. The molecule has 0 N–H and O–H groups in total. The number of benzene rings is 1. The molecular weight excluding hydrogens is 268 g/mol. The zero-order valence-corrected chi connectivity index (χ0v) is 10.1. The molecule has 0 amide bonds. The van der Waals surface area contributed by atoms with Gasteiger partial charge in [-0.25, -0.2) is 4.39 Å². The van der Waals surface area contributed by atoms with Gasteiger partial charge in [-0.3, -0.25) is 4.79 Å². The molecule has 0 heterocycles. The van der Waals surface area contributed by atoms with Gasteiger partial charge in [-0.2, -0.15) is 13.2 Å². The number of Topliss-reactive ketones (excluding diaryl/α,β-unsaturated/α-hetero) is 1. The quantitative estimate of drug-likeness (QED) is 0.456. The van der Waals surface area contributed by atoms with E-state index >= 15 is 0 Å². The van der Waals surface area contributed by atoms with Crippen LogP contribution in [0.1, 0.15) is 15.9 Å². The van der Waals surface area contributed by atoms with E-state index in [0.29, 0.717) is 12.1 Å². The average Bonchev–Trinajstić information content (AvgIpc) is 2.33. The minimum absolute atomic E-state index is 0.148. The van der Waals surface area contributed by atoms with Gasteiger partial charge in [-0.05, 0) is 18.2 Å². The van der Waals surface area contributed by atoms with Crippen molar-refractivity contribution in [3.05, 3.63) is 35.1 Å². The van der Waals surface area contributed by atoms with Crippen LogP contribution in [0.3, 0.4) is 0 Å². The van der Waals surface area contributed by atoms with E-state index in [1.807, 2.05) is 0 Å². The third-order valence-electron chi connectivity index (χ3n) is 2.26. The van der Waals surface area contributed by atoms with Crippen molar-refractivity contribution in [2.75, 3.05) is 26.9 Å². The Morgan fingerprint density at radius 1 is 1.26 bits per heavy atom. The van der Waals surface area contributed by atoms with Crippen LogP contribution in [0.4, 0.5) is 17.6 Å². The van der Waals surface area contributed by atoms with Gasteiger partial charge in [0.1, 0.15) is 12.4 Å². The predicted molar refractivity (Wildman–Crippen MR) is 58.4 cm³/mol. The smallest absolute Gasteiger partial charge is 0.382 e. The molecule has 1 aromatic carbocycles. The predicted octanol–water partition coefficient (Wildman–Crippen LogP) is 2.69. The van der Waals surface area contributed by atoms with Gasteiger partial charge < -0.3 is 9.47 Å². The number of halogens is 4. The van der Waals surface area contributed by atoms with Crippen LogP contribution < -0.4 is 0 Å². The number of ether oxygens (including phenoxy) is 2. The number of carbonyl (C=O) groups is 1. The number of carbonyl (C=O) groups excluding carboxylic acids is 1. The maximum atomic E-state index is 13.0. The zero-order chi connectivity index (χ0) is 14.5. The maximum Gasteiger partial charge on any atom is 0.419 e. The van der Waals surface area contributed by atoms with E-state index in [9.17, 15) is 22.4 Å². The summed E-state index contributed by atoms with van der Waals surface area (Å²) in [6.07, 6.45) is -4.84. The molecule has 0 unspecified atom stereocenters. The molecule has 0 saturated carbocycles. The highest BCUT2D eigenvalue weighted by Gasteiger charge is 2.34. The van der Waals surface area contributed by atoms with Crippen LogP contribution >= 0.6 is 0 Å². The molecule has 0 bridgehead atoms. The molecule has 7 heteroatoms. The second kappa shape index (κ2) is 6.63. The van der Waals surface area contributed by atoms with E-state index < -0.39 is 23.3 Å². The lowest BCUT2D eigenvalue weighted by atomic mass is 10.1. The van der Waals surface area contributed by atoms with E-state index in [1.54, 1.807) is 0 Å². The molecule has 0 aliphatic rings. The summed E-state index contributed by atoms with van der Waals surface area (Å²) in [5, 5.41) is 0. The minimum Gasteiger partial charge on any atom is -0.382 e. The van der Waals surface area contributed by atoms with Gasteiger partial charge in [-0.15, -0.1) is 0 Å². The summed E-state index contributed by atoms with van der Waals surface area (Å²) < 4.78 is 59.9. The minimum atomic E-state index is -4.84. The first-order chi connectivity index (χ1) is 8.86. The lowest BCUT2D eigenvalue weighted by Gasteiger charge is -2.09. The molecule has 1 rings (SSSR count). The van der Waals surface area contributed by atoms with Crippen molar-refractivity contribution in [3.8, 4) is 0 Å². The number of hydrogen-bond acceptors (Lipinski definition) is 3. The van der Waals surface area contributed by atoms with Crippen molar-refractivity contribution in [3.63, 3.8) is 0 Å². The molecule has 0 aliphatic heterocycles. The van der Waals surface area contributed by atoms with Crippen molar-refractivity contribution < 1.29 is 31.8 Å². The SMILES string of the molecule is COCCOCC(=O)c1ccc(F)c(C(F)(F)F)c1. The Morgan fingerprint density at radius 2 is 1.95 bits per heavy atom. The molecule has 19 heavy (non-hydrogen) atoms. The van der Waals surface area contributed by atoms with E-state index in [2.05, 4.69) is 4.74 Å². The summed E-state index contributed by atoms with van der Waals surface area (Å²) in [5.41, 5.74) is -1.71. The van der Waals surface area contributed by atoms with Crippen molar-refractivity contribution in [2.45, 2.75) is 6.18 Å². The van der Waals surface area contributed by atoms with E-state index in [0.717, 1.165) is 6.07 Å². The van der Waals surface area contributed by atoms with Crippen LogP contribution in [0.2, 0.25) is 0 Å². The first kappa shape index (κ1) is 15.6. The van der Waals surface area contributed by atoms with Crippen LogP contribution in [-0.4, -0.2) is 32.7 Å². The lowest BCUT2D eigenvalue weighted by molar-refractivity contribution is -0.140. The van der Waals surface area contributed by atoms with Crippen LogP contribution in [0.15, 0.2) is 18.2 Å². The van der Waals surface area contributed by atoms with Crippen LogP contribution in [0, 0.1) is 5.82 Å². The molecule has 0 atom stereocenters. The van der Waals surface area contributed by atoms with E-state index in [-0.39, 0.29) is 25.4 Å². The van der Waals surface area contributed by atoms with Crippen molar-refractivity contribution >= 4 is 5.78 Å². The maximum absolute atomic E-state index is 13.0. The van der Waals surface area contributed by atoms with Gasteiger partial charge in [0.05, 0.1) is 18.8 Å². The molecule has 1 aromatic rings. The fraction of sp³-hybridized carbons (Fsp3) is 0.417. The molecule has 106 valence electrons. The monoisotopic (exact) mass is 280 g/mol. The Hall–Kier alpha value is -1.47. The largest absolute Gasteiger partial charge is 0.419 e. The molecule has 0 aliphatic carbocycles.